The summed E-state index contributed by atoms with van der Waals surface area (Å²) in [6.07, 6.45) is 3.90. The number of anilines is 1. The summed E-state index contributed by atoms with van der Waals surface area (Å²) in [7, 11) is 0. The highest BCUT2D eigenvalue weighted by Gasteiger charge is 2.10. The van der Waals surface area contributed by atoms with E-state index in [-0.39, 0.29) is 12.5 Å². The van der Waals surface area contributed by atoms with E-state index in [2.05, 4.69) is 67.4 Å². The maximum Gasteiger partial charge on any atom is 0.277 e. The first-order valence-electron chi connectivity index (χ1n) is 10.8. The van der Waals surface area contributed by atoms with Gasteiger partial charge in [0, 0.05) is 18.8 Å². The summed E-state index contributed by atoms with van der Waals surface area (Å²) >= 11 is 0. The van der Waals surface area contributed by atoms with Crippen LogP contribution in [0.1, 0.15) is 63.1 Å². The summed E-state index contributed by atoms with van der Waals surface area (Å²) in [5.74, 6) is 0.801. The van der Waals surface area contributed by atoms with Crippen molar-refractivity contribution in [2.24, 2.45) is 5.10 Å². The summed E-state index contributed by atoms with van der Waals surface area (Å²) in [5, 5.41) is 4.06. The molecule has 162 valence electrons. The second-order valence-electron chi connectivity index (χ2n) is 7.86. The highest BCUT2D eigenvalue weighted by molar-refractivity contribution is 5.83. The quantitative estimate of drug-likeness (QED) is 0.406. The van der Waals surface area contributed by atoms with Gasteiger partial charge in [-0.25, -0.2) is 5.43 Å². The van der Waals surface area contributed by atoms with Crippen molar-refractivity contribution in [1.82, 2.24) is 5.43 Å². The molecule has 0 aliphatic rings. The molecule has 2 rings (SSSR count). The molecule has 30 heavy (non-hydrogen) atoms. The van der Waals surface area contributed by atoms with Gasteiger partial charge in [0.1, 0.15) is 5.75 Å². The largest absolute Gasteiger partial charge is 0.483 e. The number of nitrogens with zero attached hydrogens (tertiary/aromatic N) is 2. The molecule has 2 aromatic carbocycles. The van der Waals surface area contributed by atoms with Crippen molar-refractivity contribution in [3.8, 4) is 5.75 Å². The molecule has 0 aliphatic carbocycles. The van der Waals surface area contributed by atoms with Crippen molar-refractivity contribution >= 4 is 17.8 Å². The Labute approximate surface area is 181 Å². The van der Waals surface area contributed by atoms with Crippen LogP contribution in [0.3, 0.4) is 0 Å². The van der Waals surface area contributed by atoms with E-state index in [1.807, 2.05) is 25.1 Å². The van der Waals surface area contributed by atoms with Gasteiger partial charge >= 0.3 is 0 Å². The number of benzene rings is 2. The monoisotopic (exact) mass is 409 g/mol. The molecule has 1 amide bonds. The number of ether oxygens (including phenoxy) is 1. The number of amides is 1. The molecule has 5 nitrogen and oxygen atoms in total. The first kappa shape index (κ1) is 23.5. The molecule has 0 aliphatic heterocycles. The molecule has 0 unspecified atom stereocenters. The van der Waals surface area contributed by atoms with Crippen LogP contribution in [-0.4, -0.2) is 31.8 Å². The second kappa shape index (κ2) is 12.0. The first-order valence-corrected chi connectivity index (χ1v) is 10.8. The Bertz CT molecular complexity index is 823. The van der Waals surface area contributed by atoms with Gasteiger partial charge in [-0.15, -0.1) is 0 Å². The van der Waals surface area contributed by atoms with E-state index in [9.17, 15) is 4.79 Å². The summed E-state index contributed by atoms with van der Waals surface area (Å²) in [5.41, 5.74) is 6.89. The van der Waals surface area contributed by atoms with E-state index in [0.717, 1.165) is 48.4 Å². The summed E-state index contributed by atoms with van der Waals surface area (Å²) in [6, 6.07) is 14.3. The Morgan fingerprint density at radius 3 is 2.37 bits per heavy atom. The number of hydrogen-bond donors (Lipinski definition) is 1. The molecule has 0 fully saturated rings. The summed E-state index contributed by atoms with van der Waals surface area (Å²) in [6.45, 7) is 12.7. The highest BCUT2D eigenvalue weighted by Crippen LogP contribution is 2.27. The predicted octanol–water partition coefficient (Wildman–Crippen LogP) is 5.27. The number of nitrogens with one attached hydrogen (secondary N) is 1. The Morgan fingerprint density at radius 1 is 1.10 bits per heavy atom. The lowest BCUT2D eigenvalue weighted by Crippen LogP contribution is -2.25. The van der Waals surface area contributed by atoms with Crippen molar-refractivity contribution in [3.63, 3.8) is 0 Å². The van der Waals surface area contributed by atoms with Gasteiger partial charge in [-0.1, -0.05) is 52.0 Å². The highest BCUT2D eigenvalue weighted by atomic mass is 16.5. The SMILES string of the molecule is CCCN(CCC)c1ccc(/C=N\NC(=O)COc2cc(C)ccc2C(C)C)cc1. The van der Waals surface area contributed by atoms with E-state index in [4.69, 9.17) is 4.74 Å². The van der Waals surface area contributed by atoms with E-state index in [1.54, 1.807) is 6.21 Å². The van der Waals surface area contributed by atoms with Crippen molar-refractivity contribution in [2.45, 2.75) is 53.4 Å². The predicted molar refractivity (Wildman–Crippen MR) is 126 cm³/mol. The zero-order chi connectivity index (χ0) is 21.9. The van der Waals surface area contributed by atoms with Crippen LogP contribution < -0.4 is 15.1 Å². The van der Waals surface area contributed by atoms with Gasteiger partial charge in [0.05, 0.1) is 6.21 Å². The molecule has 0 atom stereocenters. The lowest BCUT2D eigenvalue weighted by Gasteiger charge is -2.23. The maximum atomic E-state index is 12.1. The molecule has 0 saturated carbocycles. The fourth-order valence-corrected chi connectivity index (χ4v) is 3.28. The maximum absolute atomic E-state index is 12.1. The number of hydrazone groups is 1. The van der Waals surface area contributed by atoms with Crippen molar-refractivity contribution in [3.05, 3.63) is 59.2 Å². The lowest BCUT2D eigenvalue weighted by molar-refractivity contribution is -0.123. The number of hydrogen-bond acceptors (Lipinski definition) is 4. The van der Waals surface area contributed by atoms with Crippen LogP contribution in [0.25, 0.3) is 0 Å². The van der Waals surface area contributed by atoms with Crippen LogP contribution in [0.15, 0.2) is 47.6 Å². The van der Waals surface area contributed by atoms with E-state index in [0.29, 0.717) is 5.92 Å². The normalized spacial score (nSPS) is 11.1. The minimum atomic E-state index is -0.281. The average Bonchev–Trinajstić information content (AvgIpc) is 2.72. The number of carbonyl (C=O) groups excluding carboxylic acids is 1. The molecule has 2 aromatic rings. The summed E-state index contributed by atoms with van der Waals surface area (Å²) < 4.78 is 5.74. The second-order valence-corrected chi connectivity index (χ2v) is 7.86. The number of rotatable bonds is 11. The molecule has 1 N–H and O–H groups in total. The minimum Gasteiger partial charge on any atom is -0.483 e. The number of aryl methyl sites for hydroxylation is 1. The number of carbonyl (C=O) groups is 1. The lowest BCUT2D eigenvalue weighted by atomic mass is 10.0. The van der Waals surface area contributed by atoms with Crippen LogP contribution in [0.4, 0.5) is 5.69 Å². The average molecular weight is 410 g/mol. The molecule has 0 bridgehead atoms. The van der Waals surface area contributed by atoms with Crippen LogP contribution in [0.2, 0.25) is 0 Å². The van der Waals surface area contributed by atoms with Crippen LogP contribution in [-0.2, 0) is 4.79 Å². The molecule has 0 aromatic heterocycles. The Balaban J connectivity index is 1.88. The molecule has 0 saturated heterocycles. The Hall–Kier alpha value is -2.82. The van der Waals surface area contributed by atoms with Gasteiger partial charge in [-0.05, 0) is 60.6 Å². The third-order valence-corrected chi connectivity index (χ3v) is 4.80. The Kier molecular flexibility index (Phi) is 9.39. The summed E-state index contributed by atoms with van der Waals surface area (Å²) in [4.78, 5) is 14.5. The molecule has 0 heterocycles. The standard InChI is InChI=1S/C25H35N3O2/c1-6-14-28(15-7-2)22-11-9-21(10-12-22)17-26-27-25(29)18-30-24-16-20(5)8-13-23(24)19(3)4/h8-13,16-17,19H,6-7,14-15,18H2,1-5H3,(H,27,29)/b26-17-. The van der Waals surface area contributed by atoms with Crippen LogP contribution in [0, 0.1) is 6.92 Å². The minimum absolute atomic E-state index is 0.0670. The fraction of sp³-hybridized carbons (Fsp3) is 0.440. The molecular formula is C25H35N3O2. The first-order chi connectivity index (χ1) is 14.4. The Morgan fingerprint density at radius 2 is 1.77 bits per heavy atom. The van der Waals surface area contributed by atoms with Crippen LogP contribution in [0.5, 0.6) is 5.75 Å². The van der Waals surface area contributed by atoms with Gasteiger partial charge in [-0.2, -0.15) is 5.10 Å². The smallest absolute Gasteiger partial charge is 0.277 e. The van der Waals surface area contributed by atoms with Gasteiger partial charge in [-0.3, -0.25) is 4.79 Å². The van der Waals surface area contributed by atoms with Gasteiger partial charge < -0.3 is 9.64 Å². The van der Waals surface area contributed by atoms with Crippen LogP contribution >= 0.6 is 0 Å². The van der Waals surface area contributed by atoms with E-state index >= 15 is 0 Å². The third kappa shape index (κ3) is 7.21. The zero-order valence-corrected chi connectivity index (χ0v) is 18.9. The van der Waals surface area contributed by atoms with Crippen molar-refractivity contribution in [2.75, 3.05) is 24.6 Å². The van der Waals surface area contributed by atoms with Crippen molar-refractivity contribution in [1.29, 1.82) is 0 Å². The van der Waals surface area contributed by atoms with Gasteiger partial charge in [0.25, 0.3) is 5.91 Å². The third-order valence-electron chi connectivity index (χ3n) is 4.80. The van der Waals surface area contributed by atoms with Gasteiger partial charge in [0.15, 0.2) is 6.61 Å². The van der Waals surface area contributed by atoms with E-state index in [1.165, 1.54) is 5.69 Å². The van der Waals surface area contributed by atoms with Crippen molar-refractivity contribution < 1.29 is 9.53 Å². The zero-order valence-electron chi connectivity index (χ0n) is 18.9. The fourth-order valence-electron chi connectivity index (χ4n) is 3.28. The molecule has 5 heteroatoms. The molecular weight excluding hydrogens is 374 g/mol. The molecule has 0 radical (unpaired) electrons. The van der Waals surface area contributed by atoms with E-state index < -0.39 is 0 Å². The topological polar surface area (TPSA) is 53.9 Å². The van der Waals surface area contributed by atoms with Gasteiger partial charge in [0.2, 0.25) is 0 Å². The molecule has 0 spiro atoms.